The molecule has 0 aliphatic heterocycles. The van der Waals surface area contributed by atoms with Crippen LogP contribution in [0.3, 0.4) is 0 Å². The Hall–Kier alpha value is -1.82. The first-order chi connectivity index (χ1) is 11.3. The van der Waals surface area contributed by atoms with Crippen LogP contribution in [0.15, 0.2) is 48.0 Å². The molecule has 1 fully saturated rings. The minimum absolute atomic E-state index is 0.937. The van der Waals surface area contributed by atoms with Gasteiger partial charge in [-0.05, 0) is 47.9 Å². The average Bonchev–Trinajstić information content (AvgIpc) is 2.99. The van der Waals surface area contributed by atoms with E-state index in [1.165, 1.54) is 72.8 Å². The molecule has 23 heavy (non-hydrogen) atoms. The maximum atomic E-state index is 2.50. The zero-order valence-electron chi connectivity index (χ0n) is 14.1. The van der Waals surface area contributed by atoms with Crippen LogP contribution >= 0.6 is 0 Å². The van der Waals surface area contributed by atoms with E-state index in [2.05, 4.69) is 55.5 Å². The SMILES string of the molecule is Cc1ccc(-c2cccc3c2C=C(CC2CCCCC2)C3)cc1. The highest BCUT2D eigenvalue weighted by Gasteiger charge is 2.20. The molecule has 1 saturated carbocycles. The first kappa shape index (κ1) is 14.8. The van der Waals surface area contributed by atoms with E-state index in [0.29, 0.717) is 0 Å². The molecular formula is C23H26. The van der Waals surface area contributed by atoms with Gasteiger partial charge in [-0.2, -0.15) is 0 Å². The summed E-state index contributed by atoms with van der Waals surface area (Å²) in [5, 5.41) is 0. The van der Waals surface area contributed by atoms with Gasteiger partial charge in [0.05, 0.1) is 0 Å². The lowest BCUT2D eigenvalue weighted by Crippen LogP contribution is -2.07. The van der Waals surface area contributed by atoms with Crippen molar-refractivity contribution in [1.29, 1.82) is 0 Å². The third kappa shape index (κ3) is 3.13. The highest BCUT2D eigenvalue weighted by atomic mass is 14.3. The fourth-order valence-electron chi connectivity index (χ4n) is 4.32. The average molecular weight is 302 g/mol. The number of hydrogen-bond donors (Lipinski definition) is 0. The second-order valence-corrected chi connectivity index (χ2v) is 7.43. The number of fused-ring (bicyclic) bond motifs is 1. The molecule has 0 unspecified atom stereocenters. The van der Waals surface area contributed by atoms with Gasteiger partial charge >= 0.3 is 0 Å². The molecule has 0 nitrogen and oxygen atoms in total. The second kappa shape index (κ2) is 6.35. The molecule has 4 rings (SSSR count). The maximum Gasteiger partial charge on any atom is -0.00575 e. The Balaban J connectivity index is 1.61. The molecule has 2 aromatic rings. The van der Waals surface area contributed by atoms with Crippen molar-refractivity contribution in [2.24, 2.45) is 5.92 Å². The summed E-state index contributed by atoms with van der Waals surface area (Å²) >= 11 is 0. The molecule has 0 heterocycles. The van der Waals surface area contributed by atoms with Gasteiger partial charge in [-0.1, -0.05) is 91.8 Å². The maximum absolute atomic E-state index is 2.50. The van der Waals surface area contributed by atoms with Gasteiger partial charge in [0, 0.05) is 0 Å². The van der Waals surface area contributed by atoms with Gasteiger partial charge in [0.1, 0.15) is 0 Å². The highest BCUT2D eigenvalue weighted by Crippen LogP contribution is 2.38. The van der Waals surface area contributed by atoms with Crippen molar-refractivity contribution in [3.8, 4) is 11.1 Å². The van der Waals surface area contributed by atoms with Crippen molar-refractivity contribution in [3.63, 3.8) is 0 Å². The Labute approximate surface area is 140 Å². The summed E-state index contributed by atoms with van der Waals surface area (Å²) in [6.07, 6.45) is 12.2. The van der Waals surface area contributed by atoms with Crippen LogP contribution in [0.4, 0.5) is 0 Å². The van der Waals surface area contributed by atoms with Crippen LogP contribution in [0.25, 0.3) is 17.2 Å². The fourth-order valence-corrected chi connectivity index (χ4v) is 4.32. The summed E-state index contributed by atoms with van der Waals surface area (Å²) in [6.45, 7) is 2.15. The van der Waals surface area contributed by atoms with Gasteiger partial charge in [0.25, 0.3) is 0 Å². The minimum Gasteiger partial charge on any atom is -0.0649 e. The Bertz CT molecular complexity index is 712. The van der Waals surface area contributed by atoms with Crippen LogP contribution in [0.1, 0.15) is 55.2 Å². The summed E-state index contributed by atoms with van der Waals surface area (Å²) in [5.74, 6) is 0.937. The van der Waals surface area contributed by atoms with Crippen molar-refractivity contribution in [1.82, 2.24) is 0 Å². The molecule has 0 N–H and O–H groups in total. The molecule has 0 atom stereocenters. The lowest BCUT2D eigenvalue weighted by Gasteiger charge is -2.21. The van der Waals surface area contributed by atoms with E-state index in [4.69, 9.17) is 0 Å². The highest BCUT2D eigenvalue weighted by molar-refractivity contribution is 5.80. The van der Waals surface area contributed by atoms with Crippen molar-refractivity contribution >= 4 is 6.08 Å². The summed E-state index contributed by atoms with van der Waals surface area (Å²) in [4.78, 5) is 0. The number of allylic oxidation sites excluding steroid dienone is 1. The normalized spacial score (nSPS) is 17.9. The largest absolute Gasteiger partial charge is 0.0649 e. The molecule has 2 aliphatic carbocycles. The van der Waals surface area contributed by atoms with E-state index in [9.17, 15) is 0 Å². The molecule has 0 spiro atoms. The fraction of sp³-hybridized carbons (Fsp3) is 0.391. The Kier molecular flexibility index (Phi) is 4.08. The van der Waals surface area contributed by atoms with Crippen molar-refractivity contribution in [2.75, 3.05) is 0 Å². The predicted molar refractivity (Wildman–Crippen MR) is 99.5 cm³/mol. The molecular weight excluding hydrogens is 276 g/mol. The van der Waals surface area contributed by atoms with Crippen LogP contribution in [0, 0.1) is 12.8 Å². The summed E-state index contributed by atoms with van der Waals surface area (Å²) in [5.41, 5.74) is 8.74. The summed E-state index contributed by atoms with van der Waals surface area (Å²) in [6, 6.07) is 15.8. The summed E-state index contributed by atoms with van der Waals surface area (Å²) in [7, 11) is 0. The van der Waals surface area contributed by atoms with Gasteiger partial charge in [0.15, 0.2) is 0 Å². The molecule has 2 aliphatic rings. The number of hydrogen-bond acceptors (Lipinski definition) is 0. The Morgan fingerprint density at radius 2 is 1.70 bits per heavy atom. The van der Waals surface area contributed by atoms with E-state index in [-0.39, 0.29) is 0 Å². The van der Waals surface area contributed by atoms with Crippen molar-refractivity contribution in [3.05, 3.63) is 64.7 Å². The van der Waals surface area contributed by atoms with Gasteiger partial charge in [-0.15, -0.1) is 0 Å². The smallest absolute Gasteiger partial charge is 0.00575 e. The molecule has 0 aromatic heterocycles. The van der Waals surface area contributed by atoms with Gasteiger partial charge in [-0.25, -0.2) is 0 Å². The lowest BCUT2D eigenvalue weighted by atomic mass is 9.84. The van der Waals surface area contributed by atoms with Crippen LogP contribution < -0.4 is 0 Å². The van der Waals surface area contributed by atoms with Crippen LogP contribution in [0.5, 0.6) is 0 Å². The van der Waals surface area contributed by atoms with E-state index in [1.54, 1.807) is 5.57 Å². The molecule has 2 aromatic carbocycles. The van der Waals surface area contributed by atoms with E-state index < -0.39 is 0 Å². The minimum atomic E-state index is 0.937. The molecule has 0 heteroatoms. The molecule has 118 valence electrons. The van der Waals surface area contributed by atoms with Crippen LogP contribution in [-0.4, -0.2) is 0 Å². The quantitative estimate of drug-likeness (QED) is 0.601. The lowest BCUT2D eigenvalue weighted by molar-refractivity contribution is 0.355. The molecule has 0 saturated heterocycles. The topological polar surface area (TPSA) is 0 Å². The number of benzene rings is 2. The zero-order chi connectivity index (χ0) is 15.6. The van der Waals surface area contributed by atoms with E-state index in [1.807, 2.05) is 0 Å². The Morgan fingerprint density at radius 3 is 2.48 bits per heavy atom. The monoisotopic (exact) mass is 302 g/mol. The van der Waals surface area contributed by atoms with E-state index >= 15 is 0 Å². The first-order valence-corrected chi connectivity index (χ1v) is 9.18. The third-order valence-corrected chi connectivity index (χ3v) is 5.60. The van der Waals surface area contributed by atoms with Gasteiger partial charge in [-0.3, -0.25) is 0 Å². The van der Waals surface area contributed by atoms with Gasteiger partial charge < -0.3 is 0 Å². The zero-order valence-corrected chi connectivity index (χ0v) is 14.1. The molecule has 0 bridgehead atoms. The predicted octanol–water partition coefficient (Wildman–Crippen LogP) is 6.57. The molecule has 0 amide bonds. The van der Waals surface area contributed by atoms with Crippen molar-refractivity contribution in [2.45, 2.75) is 51.9 Å². The second-order valence-electron chi connectivity index (χ2n) is 7.43. The van der Waals surface area contributed by atoms with Gasteiger partial charge in [0.2, 0.25) is 0 Å². The van der Waals surface area contributed by atoms with Crippen molar-refractivity contribution < 1.29 is 0 Å². The Morgan fingerprint density at radius 1 is 0.913 bits per heavy atom. The van der Waals surface area contributed by atoms with Crippen LogP contribution in [-0.2, 0) is 6.42 Å². The van der Waals surface area contributed by atoms with E-state index in [0.717, 1.165) is 5.92 Å². The first-order valence-electron chi connectivity index (χ1n) is 9.18. The molecule has 0 radical (unpaired) electrons. The number of aryl methyl sites for hydroxylation is 1. The third-order valence-electron chi connectivity index (χ3n) is 5.60. The van der Waals surface area contributed by atoms with Crippen LogP contribution in [0.2, 0.25) is 0 Å². The number of rotatable bonds is 3. The standard InChI is InChI=1S/C23H26/c1-17-10-12-20(13-11-17)22-9-5-8-21-15-19(16-23(21)22)14-18-6-3-2-4-7-18/h5,8-13,16,18H,2-4,6-7,14-15H2,1H3. The summed E-state index contributed by atoms with van der Waals surface area (Å²) < 4.78 is 0.